The maximum atomic E-state index is 11.6. The van der Waals surface area contributed by atoms with E-state index in [1.54, 1.807) is 0 Å². The van der Waals surface area contributed by atoms with Crippen LogP contribution in [0.3, 0.4) is 0 Å². The Balaban J connectivity index is 2.01. The van der Waals surface area contributed by atoms with Crippen molar-refractivity contribution in [2.24, 2.45) is 0 Å². The van der Waals surface area contributed by atoms with Crippen molar-refractivity contribution in [3.8, 4) is 0 Å². The highest BCUT2D eigenvalue weighted by molar-refractivity contribution is 5.74. The van der Waals surface area contributed by atoms with Crippen LogP contribution in [0.1, 0.15) is 12.8 Å². The molecule has 0 aromatic carbocycles. The van der Waals surface area contributed by atoms with Gasteiger partial charge in [0.1, 0.15) is 0 Å². The lowest BCUT2D eigenvalue weighted by atomic mass is 10.3. The third kappa shape index (κ3) is 5.32. The van der Waals surface area contributed by atoms with Crippen LogP contribution in [0.5, 0.6) is 0 Å². The van der Waals surface area contributed by atoms with E-state index in [9.17, 15) is 4.79 Å². The molecule has 1 saturated heterocycles. The first-order valence-corrected chi connectivity index (χ1v) is 5.95. The number of nitrogens with zero attached hydrogens (tertiary/aromatic N) is 2. The summed E-state index contributed by atoms with van der Waals surface area (Å²) in [5, 5.41) is 2.94. The molecular formula is C11H23N3O2. The molecule has 2 amide bonds. The summed E-state index contributed by atoms with van der Waals surface area (Å²) in [7, 11) is 4.12. The minimum atomic E-state index is 0.0492. The Kier molecular flexibility index (Phi) is 6.18. The van der Waals surface area contributed by atoms with E-state index < -0.39 is 0 Å². The molecule has 0 unspecified atom stereocenters. The fourth-order valence-electron chi connectivity index (χ4n) is 1.63. The number of urea groups is 1. The number of nitrogens with one attached hydrogen (secondary N) is 1. The van der Waals surface area contributed by atoms with Crippen molar-refractivity contribution in [2.75, 3.05) is 53.5 Å². The highest BCUT2D eigenvalue weighted by Gasteiger charge is 2.15. The summed E-state index contributed by atoms with van der Waals surface area (Å²) in [4.78, 5) is 15.6. The van der Waals surface area contributed by atoms with Gasteiger partial charge >= 0.3 is 6.03 Å². The molecule has 1 N–H and O–H groups in total. The number of hydrogen-bond acceptors (Lipinski definition) is 3. The first kappa shape index (κ1) is 13.3. The second-order valence-electron chi connectivity index (χ2n) is 4.34. The maximum absolute atomic E-state index is 11.6. The van der Waals surface area contributed by atoms with Crippen molar-refractivity contribution >= 4 is 6.03 Å². The highest BCUT2D eigenvalue weighted by atomic mass is 16.5. The molecule has 16 heavy (non-hydrogen) atoms. The van der Waals surface area contributed by atoms with Crippen LogP contribution in [-0.2, 0) is 4.74 Å². The molecule has 94 valence electrons. The Bertz CT molecular complexity index is 203. The number of carbonyl (C=O) groups excluding carboxylic acids is 1. The van der Waals surface area contributed by atoms with E-state index in [4.69, 9.17) is 4.74 Å². The van der Waals surface area contributed by atoms with E-state index in [0.29, 0.717) is 26.3 Å². The second-order valence-corrected chi connectivity index (χ2v) is 4.34. The first-order chi connectivity index (χ1) is 7.70. The van der Waals surface area contributed by atoms with Crippen LogP contribution < -0.4 is 5.32 Å². The minimum absolute atomic E-state index is 0.0492. The van der Waals surface area contributed by atoms with Crippen LogP contribution in [-0.4, -0.2) is 69.3 Å². The number of carbonyl (C=O) groups is 1. The molecule has 0 radical (unpaired) electrons. The van der Waals surface area contributed by atoms with Crippen molar-refractivity contribution in [1.29, 1.82) is 0 Å². The number of rotatable bonds is 5. The minimum Gasteiger partial charge on any atom is -0.378 e. The fourth-order valence-corrected chi connectivity index (χ4v) is 1.63. The van der Waals surface area contributed by atoms with Gasteiger partial charge in [-0.3, -0.25) is 0 Å². The van der Waals surface area contributed by atoms with Gasteiger partial charge in [0.05, 0.1) is 13.2 Å². The van der Waals surface area contributed by atoms with Gasteiger partial charge in [0.15, 0.2) is 0 Å². The van der Waals surface area contributed by atoms with Crippen molar-refractivity contribution < 1.29 is 9.53 Å². The Hall–Kier alpha value is -0.810. The summed E-state index contributed by atoms with van der Waals surface area (Å²) in [6.45, 7) is 4.59. The predicted molar refractivity (Wildman–Crippen MR) is 63.6 cm³/mol. The van der Waals surface area contributed by atoms with Gasteiger partial charge in [0.25, 0.3) is 0 Å². The smallest absolute Gasteiger partial charge is 0.317 e. The number of amides is 2. The van der Waals surface area contributed by atoms with Gasteiger partial charge < -0.3 is 19.9 Å². The standard InChI is InChI=1S/C11H23N3O2/c1-13(2)6-4-3-5-12-11(15)14-7-9-16-10-8-14/h3-10H2,1-2H3,(H,12,15). The monoisotopic (exact) mass is 229 g/mol. The Labute approximate surface area is 97.7 Å². The maximum Gasteiger partial charge on any atom is 0.317 e. The lowest BCUT2D eigenvalue weighted by Gasteiger charge is -2.26. The lowest BCUT2D eigenvalue weighted by molar-refractivity contribution is 0.0532. The van der Waals surface area contributed by atoms with E-state index in [-0.39, 0.29) is 6.03 Å². The number of morpholine rings is 1. The summed E-state index contributed by atoms with van der Waals surface area (Å²) in [6.07, 6.45) is 2.16. The van der Waals surface area contributed by atoms with Crippen molar-refractivity contribution in [3.63, 3.8) is 0 Å². The van der Waals surface area contributed by atoms with Crippen molar-refractivity contribution in [2.45, 2.75) is 12.8 Å². The molecule has 0 aliphatic carbocycles. The predicted octanol–water partition coefficient (Wildman–Crippen LogP) is 0.370. The largest absolute Gasteiger partial charge is 0.378 e. The van der Waals surface area contributed by atoms with Gasteiger partial charge in [-0.2, -0.15) is 0 Å². The highest BCUT2D eigenvalue weighted by Crippen LogP contribution is 1.97. The zero-order chi connectivity index (χ0) is 11.8. The van der Waals surface area contributed by atoms with Gasteiger partial charge in [-0.05, 0) is 33.5 Å². The van der Waals surface area contributed by atoms with Crippen LogP contribution in [0.2, 0.25) is 0 Å². The van der Waals surface area contributed by atoms with Gasteiger partial charge in [-0.15, -0.1) is 0 Å². The normalized spacial score (nSPS) is 16.6. The van der Waals surface area contributed by atoms with E-state index in [1.807, 2.05) is 4.90 Å². The molecule has 1 aliphatic heterocycles. The van der Waals surface area contributed by atoms with Crippen LogP contribution in [0.15, 0.2) is 0 Å². The molecular weight excluding hydrogens is 206 g/mol. The number of unbranched alkanes of at least 4 members (excludes halogenated alkanes) is 1. The van der Waals surface area contributed by atoms with Crippen LogP contribution >= 0.6 is 0 Å². The molecule has 0 atom stereocenters. The van der Waals surface area contributed by atoms with E-state index >= 15 is 0 Å². The van der Waals surface area contributed by atoms with Gasteiger partial charge in [-0.25, -0.2) is 4.79 Å². The molecule has 5 nitrogen and oxygen atoms in total. The molecule has 1 fully saturated rings. The molecule has 1 aliphatic rings. The third-order valence-corrected chi connectivity index (χ3v) is 2.61. The molecule has 0 aromatic heterocycles. The summed E-state index contributed by atoms with van der Waals surface area (Å²) < 4.78 is 5.19. The Morgan fingerprint density at radius 1 is 1.31 bits per heavy atom. The second kappa shape index (κ2) is 7.46. The average Bonchev–Trinajstić information content (AvgIpc) is 2.29. The Morgan fingerprint density at radius 2 is 2.00 bits per heavy atom. The van der Waals surface area contributed by atoms with Crippen molar-refractivity contribution in [1.82, 2.24) is 15.1 Å². The first-order valence-electron chi connectivity index (χ1n) is 5.95. The average molecular weight is 229 g/mol. The number of ether oxygens (including phenoxy) is 1. The zero-order valence-electron chi connectivity index (χ0n) is 10.4. The Morgan fingerprint density at radius 3 is 2.62 bits per heavy atom. The van der Waals surface area contributed by atoms with E-state index in [2.05, 4.69) is 24.3 Å². The molecule has 0 bridgehead atoms. The molecule has 0 aromatic rings. The molecule has 0 saturated carbocycles. The summed E-state index contributed by atoms with van der Waals surface area (Å²) in [5.41, 5.74) is 0. The van der Waals surface area contributed by atoms with Gasteiger partial charge in [-0.1, -0.05) is 0 Å². The topological polar surface area (TPSA) is 44.8 Å². The molecule has 1 rings (SSSR count). The van der Waals surface area contributed by atoms with Gasteiger partial charge in [0, 0.05) is 19.6 Å². The SMILES string of the molecule is CN(C)CCCCNC(=O)N1CCOCC1. The molecule has 1 heterocycles. The quantitative estimate of drug-likeness (QED) is 0.693. The summed E-state index contributed by atoms with van der Waals surface area (Å²) in [6, 6.07) is 0.0492. The van der Waals surface area contributed by atoms with E-state index in [1.165, 1.54) is 0 Å². The third-order valence-electron chi connectivity index (χ3n) is 2.61. The van der Waals surface area contributed by atoms with Crippen LogP contribution in [0.4, 0.5) is 4.79 Å². The number of hydrogen-bond donors (Lipinski definition) is 1. The van der Waals surface area contributed by atoms with Gasteiger partial charge in [0.2, 0.25) is 0 Å². The zero-order valence-corrected chi connectivity index (χ0v) is 10.4. The van der Waals surface area contributed by atoms with Crippen LogP contribution in [0, 0.1) is 0 Å². The van der Waals surface area contributed by atoms with Crippen molar-refractivity contribution in [3.05, 3.63) is 0 Å². The van der Waals surface area contributed by atoms with Crippen LogP contribution in [0.25, 0.3) is 0 Å². The fraction of sp³-hybridized carbons (Fsp3) is 0.909. The summed E-state index contributed by atoms with van der Waals surface area (Å²) in [5.74, 6) is 0. The molecule has 5 heteroatoms. The van der Waals surface area contributed by atoms with E-state index in [0.717, 1.165) is 25.9 Å². The molecule has 0 spiro atoms. The summed E-state index contributed by atoms with van der Waals surface area (Å²) >= 11 is 0. The lowest BCUT2D eigenvalue weighted by Crippen LogP contribution is -2.46.